The van der Waals surface area contributed by atoms with E-state index in [4.69, 9.17) is 0 Å². The average Bonchev–Trinajstić information content (AvgIpc) is 2.97. The highest BCUT2D eigenvalue weighted by molar-refractivity contribution is 7.91. The minimum absolute atomic E-state index is 0.0945. The standard InChI is InChI=1S/C17H27NO2S/c1-3-12-18-16(15-9-5-6-10-15)13-21(19,20)17-11-7-4-8-14(17)2/h4,7-8,11,15-16,18H,3,5-6,9-10,12-13H2,1-2H3. The number of benzene rings is 1. The molecule has 0 radical (unpaired) electrons. The maximum absolute atomic E-state index is 12.7. The second-order valence-corrected chi connectivity index (χ2v) is 8.15. The van der Waals surface area contributed by atoms with E-state index in [1.54, 1.807) is 6.07 Å². The molecule has 1 aliphatic carbocycles. The molecule has 0 heterocycles. The van der Waals surface area contributed by atoms with Crippen LogP contribution < -0.4 is 5.32 Å². The van der Waals surface area contributed by atoms with Crippen molar-refractivity contribution in [3.05, 3.63) is 29.8 Å². The van der Waals surface area contributed by atoms with Crippen LogP contribution in [0.15, 0.2) is 29.2 Å². The van der Waals surface area contributed by atoms with Crippen molar-refractivity contribution < 1.29 is 8.42 Å². The van der Waals surface area contributed by atoms with E-state index < -0.39 is 9.84 Å². The third-order valence-corrected chi connectivity index (χ3v) is 6.38. The van der Waals surface area contributed by atoms with Crippen LogP contribution >= 0.6 is 0 Å². The van der Waals surface area contributed by atoms with Crippen molar-refractivity contribution in [3.63, 3.8) is 0 Å². The summed E-state index contributed by atoms with van der Waals surface area (Å²) in [6.07, 6.45) is 5.82. The number of rotatable bonds is 7. The second kappa shape index (κ2) is 7.41. The zero-order valence-corrected chi connectivity index (χ0v) is 14.0. The first kappa shape index (κ1) is 16.5. The molecule has 118 valence electrons. The molecule has 0 amide bonds. The summed E-state index contributed by atoms with van der Waals surface area (Å²) in [5.41, 5.74) is 0.846. The normalized spacial score (nSPS) is 18.0. The highest BCUT2D eigenvalue weighted by atomic mass is 32.2. The van der Waals surface area contributed by atoms with Crippen LogP contribution in [-0.2, 0) is 9.84 Å². The van der Waals surface area contributed by atoms with Crippen molar-refractivity contribution in [2.45, 2.75) is 56.9 Å². The number of hydrogen-bond donors (Lipinski definition) is 1. The van der Waals surface area contributed by atoms with Crippen LogP contribution in [0, 0.1) is 12.8 Å². The Hall–Kier alpha value is -0.870. The summed E-state index contributed by atoms with van der Waals surface area (Å²) in [6.45, 7) is 4.88. The summed E-state index contributed by atoms with van der Waals surface area (Å²) in [7, 11) is -3.22. The maximum atomic E-state index is 12.7. The summed E-state index contributed by atoms with van der Waals surface area (Å²) in [5, 5.41) is 3.48. The predicted octanol–water partition coefficient (Wildman–Crippen LogP) is 3.33. The Labute approximate surface area is 129 Å². The van der Waals surface area contributed by atoms with Gasteiger partial charge in [-0.3, -0.25) is 0 Å². The Morgan fingerprint density at radius 2 is 1.90 bits per heavy atom. The van der Waals surface area contributed by atoms with E-state index in [1.165, 1.54) is 12.8 Å². The molecule has 0 bridgehead atoms. The molecule has 0 aliphatic heterocycles. The third-order valence-electron chi connectivity index (χ3n) is 4.45. The van der Waals surface area contributed by atoms with E-state index in [1.807, 2.05) is 25.1 Å². The highest BCUT2D eigenvalue weighted by Crippen LogP contribution is 2.29. The van der Waals surface area contributed by atoms with E-state index in [0.29, 0.717) is 10.8 Å². The van der Waals surface area contributed by atoms with Crippen LogP contribution in [0.2, 0.25) is 0 Å². The Kier molecular flexibility index (Phi) is 5.82. The summed E-state index contributed by atoms with van der Waals surface area (Å²) in [4.78, 5) is 0.492. The van der Waals surface area contributed by atoms with Crippen molar-refractivity contribution in [3.8, 4) is 0 Å². The van der Waals surface area contributed by atoms with Crippen molar-refractivity contribution in [2.24, 2.45) is 5.92 Å². The lowest BCUT2D eigenvalue weighted by Crippen LogP contribution is -2.41. The first-order valence-electron chi connectivity index (χ1n) is 8.06. The van der Waals surface area contributed by atoms with Gasteiger partial charge in [0.1, 0.15) is 0 Å². The summed E-state index contributed by atoms with van der Waals surface area (Å²) >= 11 is 0. The molecule has 0 saturated heterocycles. The largest absolute Gasteiger partial charge is 0.313 e. The molecule has 1 unspecified atom stereocenters. The molecule has 3 nitrogen and oxygen atoms in total. The second-order valence-electron chi connectivity index (χ2n) is 6.15. The van der Waals surface area contributed by atoms with Gasteiger partial charge in [-0.15, -0.1) is 0 Å². The lowest BCUT2D eigenvalue weighted by molar-refractivity contribution is 0.382. The molecule has 1 aromatic rings. The van der Waals surface area contributed by atoms with Gasteiger partial charge in [0.25, 0.3) is 0 Å². The van der Waals surface area contributed by atoms with Gasteiger partial charge < -0.3 is 5.32 Å². The topological polar surface area (TPSA) is 46.2 Å². The minimum atomic E-state index is -3.22. The van der Waals surface area contributed by atoms with Crippen molar-refractivity contribution in [1.82, 2.24) is 5.32 Å². The molecular formula is C17H27NO2S. The lowest BCUT2D eigenvalue weighted by Gasteiger charge is -2.25. The van der Waals surface area contributed by atoms with Gasteiger partial charge in [0.15, 0.2) is 9.84 Å². The molecule has 1 aliphatic rings. The molecule has 1 fully saturated rings. The van der Waals surface area contributed by atoms with Crippen LogP contribution in [0.25, 0.3) is 0 Å². The van der Waals surface area contributed by atoms with Crippen molar-refractivity contribution >= 4 is 9.84 Å². The third kappa shape index (κ3) is 4.30. The molecule has 1 saturated carbocycles. The fourth-order valence-electron chi connectivity index (χ4n) is 3.28. The first-order chi connectivity index (χ1) is 10.0. The lowest BCUT2D eigenvalue weighted by atomic mass is 10.00. The molecular weight excluding hydrogens is 282 g/mol. The number of hydrogen-bond acceptors (Lipinski definition) is 3. The first-order valence-corrected chi connectivity index (χ1v) is 9.71. The van der Waals surface area contributed by atoms with Gasteiger partial charge >= 0.3 is 0 Å². The van der Waals surface area contributed by atoms with E-state index in [-0.39, 0.29) is 11.8 Å². The van der Waals surface area contributed by atoms with Crippen LogP contribution in [0.5, 0.6) is 0 Å². The summed E-state index contributed by atoms with van der Waals surface area (Å²) in [6, 6.07) is 7.40. The molecule has 1 atom stereocenters. The van der Waals surface area contributed by atoms with Crippen molar-refractivity contribution in [1.29, 1.82) is 0 Å². The van der Waals surface area contributed by atoms with E-state index in [0.717, 1.165) is 31.4 Å². The van der Waals surface area contributed by atoms with E-state index in [9.17, 15) is 8.42 Å². The molecule has 4 heteroatoms. The SMILES string of the molecule is CCCNC(CS(=O)(=O)c1ccccc1C)C1CCCC1. The minimum Gasteiger partial charge on any atom is -0.313 e. The highest BCUT2D eigenvalue weighted by Gasteiger charge is 2.30. The van der Waals surface area contributed by atoms with E-state index >= 15 is 0 Å². The Bertz CT molecular complexity index is 548. The van der Waals surface area contributed by atoms with Gasteiger partial charge in [-0.25, -0.2) is 8.42 Å². The zero-order chi connectivity index (χ0) is 15.3. The van der Waals surface area contributed by atoms with Crippen LogP contribution in [-0.4, -0.2) is 26.8 Å². The van der Waals surface area contributed by atoms with Crippen LogP contribution in [0.4, 0.5) is 0 Å². The maximum Gasteiger partial charge on any atom is 0.180 e. The van der Waals surface area contributed by atoms with Gasteiger partial charge in [-0.2, -0.15) is 0 Å². The summed E-state index contributed by atoms with van der Waals surface area (Å²) in [5.74, 6) is 0.734. The smallest absolute Gasteiger partial charge is 0.180 e. The molecule has 1 aromatic carbocycles. The van der Waals surface area contributed by atoms with Crippen LogP contribution in [0.1, 0.15) is 44.6 Å². The van der Waals surface area contributed by atoms with Gasteiger partial charge in [-0.05, 0) is 50.3 Å². The van der Waals surface area contributed by atoms with Gasteiger partial charge in [0.05, 0.1) is 10.6 Å². The Balaban J connectivity index is 2.16. The zero-order valence-electron chi connectivity index (χ0n) is 13.1. The quantitative estimate of drug-likeness (QED) is 0.840. The predicted molar refractivity (Wildman–Crippen MR) is 87.3 cm³/mol. The molecule has 0 aromatic heterocycles. The molecule has 1 N–H and O–H groups in total. The van der Waals surface area contributed by atoms with Gasteiger partial charge in [0.2, 0.25) is 0 Å². The molecule has 21 heavy (non-hydrogen) atoms. The van der Waals surface area contributed by atoms with Crippen molar-refractivity contribution in [2.75, 3.05) is 12.3 Å². The fraction of sp³-hybridized carbons (Fsp3) is 0.647. The van der Waals surface area contributed by atoms with E-state index in [2.05, 4.69) is 12.2 Å². The average molecular weight is 309 g/mol. The number of sulfone groups is 1. The Morgan fingerprint density at radius 1 is 1.24 bits per heavy atom. The van der Waals surface area contributed by atoms with Gasteiger partial charge in [-0.1, -0.05) is 38.0 Å². The summed E-state index contributed by atoms with van der Waals surface area (Å²) < 4.78 is 25.5. The number of nitrogens with one attached hydrogen (secondary N) is 1. The van der Waals surface area contributed by atoms with Crippen LogP contribution in [0.3, 0.4) is 0 Å². The number of aryl methyl sites for hydroxylation is 1. The Morgan fingerprint density at radius 3 is 2.52 bits per heavy atom. The monoisotopic (exact) mass is 309 g/mol. The fourth-order valence-corrected chi connectivity index (χ4v) is 5.17. The molecule has 2 rings (SSSR count). The molecule has 0 spiro atoms. The van der Waals surface area contributed by atoms with Gasteiger partial charge in [0, 0.05) is 6.04 Å².